The predicted octanol–water partition coefficient (Wildman–Crippen LogP) is 3.33. The van der Waals surface area contributed by atoms with Gasteiger partial charge in [0.25, 0.3) is 5.91 Å². The Kier molecular flexibility index (Phi) is 7.07. The Morgan fingerprint density at radius 1 is 1.43 bits per heavy atom. The fraction of sp³-hybridized carbons (Fsp3) is 0.467. The maximum Gasteiger partial charge on any atom is 0.263 e. The lowest BCUT2D eigenvalue weighted by molar-refractivity contribution is 0.0937. The SMILES string of the molecule is Cc1ccc(-c2nc(C)c(C(=O)NC(CN)C3CC3)s2)o1.Cl.Cl. The van der Waals surface area contributed by atoms with Crippen LogP contribution in [0, 0.1) is 19.8 Å². The highest BCUT2D eigenvalue weighted by Gasteiger charge is 2.32. The average molecular weight is 378 g/mol. The van der Waals surface area contributed by atoms with Gasteiger partial charge in [-0.3, -0.25) is 4.79 Å². The quantitative estimate of drug-likeness (QED) is 0.836. The van der Waals surface area contributed by atoms with Gasteiger partial charge in [0.2, 0.25) is 0 Å². The molecule has 1 saturated carbocycles. The first-order valence-electron chi connectivity index (χ1n) is 7.13. The number of aromatic nitrogens is 1. The second-order valence-electron chi connectivity index (χ2n) is 5.50. The second kappa shape index (κ2) is 8.15. The highest BCUT2D eigenvalue weighted by Crippen LogP contribution is 2.33. The number of nitrogens with two attached hydrogens (primary N) is 1. The molecule has 3 N–H and O–H groups in total. The Morgan fingerprint density at radius 2 is 2.13 bits per heavy atom. The lowest BCUT2D eigenvalue weighted by atomic mass is 10.2. The van der Waals surface area contributed by atoms with Gasteiger partial charge < -0.3 is 15.5 Å². The van der Waals surface area contributed by atoms with Gasteiger partial charge in [0.1, 0.15) is 10.6 Å². The van der Waals surface area contributed by atoms with Gasteiger partial charge in [-0.25, -0.2) is 4.98 Å². The number of aryl methyl sites for hydroxylation is 2. The molecule has 0 saturated heterocycles. The number of nitrogens with zero attached hydrogens (tertiary/aromatic N) is 1. The Labute approximate surface area is 151 Å². The molecule has 1 amide bonds. The van der Waals surface area contributed by atoms with Crippen molar-refractivity contribution >= 4 is 42.1 Å². The van der Waals surface area contributed by atoms with E-state index in [1.165, 1.54) is 11.3 Å². The van der Waals surface area contributed by atoms with Crippen LogP contribution in [0.15, 0.2) is 16.5 Å². The van der Waals surface area contributed by atoms with E-state index in [2.05, 4.69) is 10.3 Å². The van der Waals surface area contributed by atoms with Crippen LogP contribution in [0.3, 0.4) is 0 Å². The standard InChI is InChI=1S/C15H19N3O2S.2ClH/c1-8-3-6-12(20-8)15-17-9(2)13(21-15)14(19)18-11(7-16)10-4-5-10;;/h3,6,10-11H,4-5,7,16H2,1-2H3,(H,18,19);2*1H. The van der Waals surface area contributed by atoms with Gasteiger partial charge in [-0.2, -0.15) is 0 Å². The van der Waals surface area contributed by atoms with E-state index < -0.39 is 0 Å². The molecular weight excluding hydrogens is 357 g/mol. The smallest absolute Gasteiger partial charge is 0.263 e. The molecule has 0 aromatic carbocycles. The van der Waals surface area contributed by atoms with Crippen LogP contribution in [-0.4, -0.2) is 23.5 Å². The van der Waals surface area contributed by atoms with E-state index in [1.807, 2.05) is 26.0 Å². The zero-order valence-corrected chi connectivity index (χ0v) is 15.4. The molecule has 1 fully saturated rings. The molecular formula is C15H21Cl2N3O2S. The average Bonchev–Trinajstić information content (AvgIpc) is 3.09. The van der Waals surface area contributed by atoms with Gasteiger partial charge in [-0.15, -0.1) is 36.2 Å². The van der Waals surface area contributed by atoms with Crippen LogP contribution < -0.4 is 11.1 Å². The van der Waals surface area contributed by atoms with Crippen molar-refractivity contribution in [2.75, 3.05) is 6.54 Å². The summed E-state index contributed by atoms with van der Waals surface area (Å²) in [6.07, 6.45) is 2.31. The van der Waals surface area contributed by atoms with Crippen LogP contribution in [0.5, 0.6) is 0 Å². The summed E-state index contributed by atoms with van der Waals surface area (Å²) in [6, 6.07) is 3.85. The van der Waals surface area contributed by atoms with Crippen molar-refractivity contribution in [2.24, 2.45) is 11.7 Å². The van der Waals surface area contributed by atoms with Crippen molar-refractivity contribution < 1.29 is 9.21 Å². The number of furan rings is 1. The summed E-state index contributed by atoms with van der Waals surface area (Å²) in [5, 5.41) is 3.77. The number of nitrogens with one attached hydrogen (secondary N) is 1. The van der Waals surface area contributed by atoms with Gasteiger partial charge in [0, 0.05) is 12.6 Å². The summed E-state index contributed by atoms with van der Waals surface area (Å²) >= 11 is 1.36. The van der Waals surface area contributed by atoms with Crippen LogP contribution in [0.2, 0.25) is 0 Å². The first-order chi connectivity index (χ1) is 10.1. The Bertz CT molecular complexity index is 667. The van der Waals surface area contributed by atoms with Gasteiger partial charge in [0.15, 0.2) is 10.8 Å². The molecule has 128 valence electrons. The van der Waals surface area contributed by atoms with Gasteiger partial charge in [0.05, 0.1) is 5.69 Å². The molecule has 8 heteroatoms. The third-order valence-electron chi connectivity index (χ3n) is 3.72. The highest BCUT2D eigenvalue weighted by molar-refractivity contribution is 7.17. The molecule has 1 unspecified atom stereocenters. The molecule has 3 rings (SSSR count). The van der Waals surface area contributed by atoms with Crippen LogP contribution >= 0.6 is 36.2 Å². The fourth-order valence-corrected chi connectivity index (χ4v) is 3.29. The number of hydrogen-bond donors (Lipinski definition) is 2. The number of hydrogen-bond acceptors (Lipinski definition) is 5. The summed E-state index contributed by atoms with van der Waals surface area (Å²) in [5.41, 5.74) is 6.46. The van der Waals surface area contributed by atoms with Crippen molar-refractivity contribution in [3.8, 4) is 10.8 Å². The van der Waals surface area contributed by atoms with Crippen LogP contribution in [-0.2, 0) is 0 Å². The minimum atomic E-state index is -0.0816. The van der Waals surface area contributed by atoms with Crippen LogP contribution in [0.25, 0.3) is 10.8 Å². The number of thiazole rings is 1. The Balaban J connectivity index is 0.00000132. The molecule has 1 aliphatic carbocycles. The maximum atomic E-state index is 12.4. The minimum Gasteiger partial charge on any atom is -0.459 e. The van der Waals surface area contributed by atoms with Gasteiger partial charge >= 0.3 is 0 Å². The van der Waals surface area contributed by atoms with Crippen LogP contribution in [0.1, 0.15) is 34.0 Å². The second-order valence-corrected chi connectivity index (χ2v) is 6.50. The van der Waals surface area contributed by atoms with Crippen molar-refractivity contribution in [3.05, 3.63) is 28.5 Å². The lowest BCUT2D eigenvalue weighted by Gasteiger charge is -2.15. The van der Waals surface area contributed by atoms with Crippen molar-refractivity contribution in [1.29, 1.82) is 0 Å². The Hall–Kier alpha value is -1.08. The molecule has 2 aromatic heterocycles. The molecule has 0 spiro atoms. The van der Waals surface area contributed by atoms with E-state index in [4.69, 9.17) is 10.2 Å². The van der Waals surface area contributed by atoms with Gasteiger partial charge in [-0.1, -0.05) is 0 Å². The molecule has 0 bridgehead atoms. The third kappa shape index (κ3) is 4.47. The molecule has 23 heavy (non-hydrogen) atoms. The predicted molar refractivity (Wildman–Crippen MR) is 96.8 cm³/mol. The van der Waals surface area contributed by atoms with Gasteiger partial charge in [-0.05, 0) is 44.7 Å². The van der Waals surface area contributed by atoms with E-state index in [-0.39, 0.29) is 36.8 Å². The van der Waals surface area contributed by atoms with Crippen LogP contribution in [0.4, 0.5) is 0 Å². The number of carbonyl (C=O) groups excluding carboxylic acids is 1. The number of halogens is 2. The molecule has 0 radical (unpaired) electrons. The summed E-state index contributed by atoms with van der Waals surface area (Å²) in [4.78, 5) is 17.5. The van der Waals surface area contributed by atoms with E-state index in [9.17, 15) is 4.79 Å². The van der Waals surface area contributed by atoms with E-state index in [0.717, 1.165) is 29.3 Å². The summed E-state index contributed by atoms with van der Waals surface area (Å²) in [5.74, 6) is 2.00. The third-order valence-corrected chi connectivity index (χ3v) is 4.89. The van der Waals surface area contributed by atoms with Crippen molar-refractivity contribution in [1.82, 2.24) is 10.3 Å². The Morgan fingerprint density at radius 3 is 2.65 bits per heavy atom. The molecule has 1 aliphatic rings. The zero-order valence-electron chi connectivity index (χ0n) is 13.0. The van der Waals surface area contributed by atoms with Crippen molar-refractivity contribution in [3.63, 3.8) is 0 Å². The molecule has 0 aliphatic heterocycles. The lowest BCUT2D eigenvalue weighted by Crippen LogP contribution is -2.41. The number of rotatable bonds is 5. The number of amides is 1. The molecule has 5 nitrogen and oxygen atoms in total. The fourth-order valence-electron chi connectivity index (χ4n) is 2.36. The number of carbonyl (C=O) groups is 1. The monoisotopic (exact) mass is 377 g/mol. The molecule has 2 heterocycles. The normalized spacial score (nSPS) is 14.6. The summed E-state index contributed by atoms with van der Waals surface area (Å²) in [7, 11) is 0. The first kappa shape index (κ1) is 20.0. The largest absolute Gasteiger partial charge is 0.459 e. The minimum absolute atomic E-state index is 0. The van der Waals surface area contributed by atoms with E-state index in [0.29, 0.717) is 23.1 Å². The highest BCUT2D eigenvalue weighted by atomic mass is 35.5. The first-order valence-corrected chi connectivity index (χ1v) is 7.95. The van der Waals surface area contributed by atoms with E-state index in [1.54, 1.807) is 0 Å². The molecule has 1 atom stereocenters. The maximum absolute atomic E-state index is 12.4. The van der Waals surface area contributed by atoms with E-state index >= 15 is 0 Å². The molecule has 2 aromatic rings. The van der Waals surface area contributed by atoms with Crippen molar-refractivity contribution in [2.45, 2.75) is 32.7 Å². The zero-order chi connectivity index (χ0) is 15.0. The topological polar surface area (TPSA) is 81.2 Å². The summed E-state index contributed by atoms with van der Waals surface area (Å²) < 4.78 is 5.56. The summed E-state index contributed by atoms with van der Waals surface area (Å²) in [6.45, 7) is 4.22.